The first-order chi connectivity index (χ1) is 12.8. The molecule has 1 N–H and O–H groups in total. The van der Waals surface area contributed by atoms with Gasteiger partial charge in [0, 0.05) is 11.6 Å². The van der Waals surface area contributed by atoms with Crippen LogP contribution >= 0.6 is 11.6 Å². The number of carbonyl (C=O) groups is 1. The lowest BCUT2D eigenvalue weighted by Gasteiger charge is -2.22. The average Bonchev–Trinajstić information content (AvgIpc) is 2.66. The summed E-state index contributed by atoms with van der Waals surface area (Å²) in [6, 6.07) is 12.9. The molecule has 27 heavy (non-hydrogen) atoms. The van der Waals surface area contributed by atoms with Crippen molar-refractivity contribution in [2.45, 2.75) is 24.8 Å². The number of hydrogen-bond acceptors (Lipinski definition) is 4. The van der Waals surface area contributed by atoms with Crippen LogP contribution in [0.2, 0.25) is 5.02 Å². The Balaban J connectivity index is 2.06. The summed E-state index contributed by atoms with van der Waals surface area (Å²) in [6.07, 6.45) is 0. The second kappa shape index (κ2) is 9.21. The quantitative estimate of drug-likeness (QED) is 0.724. The predicted molar refractivity (Wildman–Crippen MR) is 105 cm³/mol. The number of ether oxygens (including phenoxy) is 1. The summed E-state index contributed by atoms with van der Waals surface area (Å²) >= 11 is 5.81. The van der Waals surface area contributed by atoms with Gasteiger partial charge in [-0.3, -0.25) is 4.79 Å². The molecule has 0 unspecified atom stereocenters. The number of benzene rings is 2. The van der Waals surface area contributed by atoms with Crippen molar-refractivity contribution >= 4 is 27.5 Å². The van der Waals surface area contributed by atoms with E-state index in [1.807, 2.05) is 19.1 Å². The maximum absolute atomic E-state index is 12.7. The highest BCUT2D eigenvalue weighted by Crippen LogP contribution is 2.19. The van der Waals surface area contributed by atoms with E-state index in [4.69, 9.17) is 16.3 Å². The van der Waals surface area contributed by atoms with Crippen LogP contribution < -0.4 is 10.1 Å². The fraction of sp³-hybridized carbons (Fsp3) is 0.316. The minimum atomic E-state index is -3.78. The summed E-state index contributed by atoms with van der Waals surface area (Å²) in [5.41, 5.74) is 0.896. The van der Waals surface area contributed by atoms with Crippen LogP contribution in [0, 0.1) is 0 Å². The molecule has 8 heteroatoms. The van der Waals surface area contributed by atoms with Crippen LogP contribution in [-0.4, -0.2) is 38.8 Å². The average molecular weight is 411 g/mol. The third kappa shape index (κ3) is 5.45. The van der Waals surface area contributed by atoms with Gasteiger partial charge in [0.15, 0.2) is 0 Å². The van der Waals surface area contributed by atoms with Crippen LogP contribution in [0.25, 0.3) is 0 Å². The van der Waals surface area contributed by atoms with Gasteiger partial charge in [-0.05, 0) is 48.9 Å². The number of carbonyl (C=O) groups excluding carboxylic acids is 1. The van der Waals surface area contributed by atoms with Gasteiger partial charge in [0.1, 0.15) is 5.75 Å². The highest BCUT2D eigenvalue weighted by Gasteiger charge is 2.25. The molecular weight excluding hydrogens is 388 g/mol. The van der Waals surface area contributed by atoms with E-state index < -0.39 is 10.0 Å². The minimum Gasteiger partial charge on any atom is -0.497 e. The van der Waals surface area contributed by atoms with Crippen LogP contribution in [0.5, 0.6) is 5.75 Å². The Morgan fingerprint density at radius 2 is 1.74 bits per heavy atom. The lowest BCUT2D eigenvalue weighted by Crippen LogP contribution is -2.41. The molecular formula is C19H23ClN2O4S. The van der Waals surface area contributed by atoms with Crippen LogP contribution in [0.4, 0.5) is 0 Å². The van der Waals surface area contributed by atoms with E-state index in [-0.39, 0.29) is 29.9 Å². The lowest BCUT2D eigenvalue weighted by molar-refractivity contribution is -0.121. The first-order valence-electron chi connectivity index (χ1n) is 8.47. The monoisotopic (exact) mass is 410 g/mol. The molecule has 0 aliphatic heterocycles. The third-order valence-electron chi connectivity index (χ3n) is 4.12. The smallest absolute Gasteiger partial charge is 0.243 e. The fourth-order valence-electron chi connectivity index (χ4n) is 2.55. The van der Waals surface area contributed by atoms with Crippen molar-refractivity contribution in [3.8, 4) is 5.75 Å². The Bertz CT molecular complexity index is 868. The van der Waals surface area contributed by atoms with Crippen LogP contribution in [-0.2, 0) is 14.8 Å². The van der Waals surface area contributed by atoms with Gasteiger partial charge in [0.2, 0.25) is 15.9 Å². The van der Waals surface area contributed by atoms with Gasteiger partial charge in [-0.15, -0.1) is 0 Å². The number of nitrogens with zero attached hydrogens (tertiary/aromatic N) is 1. The van der Waals surface area contributed by atoms with Crippen LogP contribution in [0.15, 0.2) is 53.4 Å². The van der Waals surface area contributed by atoms with Gasteiger partial charge in [-0.2, -0.15) is 4.31 Å². The van der Waals surface area contributed by atoms with E-state index in [2.05, 4.69) is 5.32 Å². The zero-order valence-corrected chi connectivity index (χ0v) is 17.0. The second-order valence-electron chi connectivity index (χ2n) is 5.95. The number of likely N-dealkylation sites (N-methyl/N-ethyl adjacent to an activating group) is 1. The molecule has 0 spiro atoms. The van der Waals surface area contributed by atoms with E-state index >= 15 is 0 Å². The van der Waals surface area contributed by atoms with Crippen molar-refractivity contribution < 1.29 is 17.9 Å². The SMILES string of the molecule is CCN(CC(=O)N[C@H](C)c1ccc(OC)cc1)S(=O)(=O)c1ccc(Cl)cc1. The lowest BCUT2D eigenvalue weighted by atomic mass is 10.1. The molecule has 0 radical (unpaired) electrons. The second-order valence-corrected chi connectivity index (χ2v) is 8.32. The zero-order chi connectivity index (χ0) is 20.0. The molecule has 0 heterocycles. The molecule has 1 atom stereocenters. The molecule has 0 saturated carbocycles. The number of halogens is 1. The van der Waals surface area contributed by atoms with Gasteiger partial charge < -0.3 is 10.1 Å². The number of methoxy groups -OCH3 is 1. The molecule has 2 rings (SSSR count). The van der Waals surface area contributed by atoms with Gasteiger partial charge in [-0.25, -0.2) is 8.42 Å². The number of hydrogen-bond donors (Lipinski definition) is 1. The largest absolute Gasteiger partial charge is 0.497 e. The maximum atomic E-state index is 12.7. The Morgan fingerprint density at radius 1 is 1.15 bits per heavy atom. The number of nitrogens with one attached hydrogen (secondary N) is 1. The topological polar surface area (TPSA) is 75.7 Å². The van der Waals surface area contributed by atoms with Crippen molar-refractivity contribution in [2.24, 2.45) is 0 Å². The molecule has 2 aromatic carbocycles. The van der Waals surface area contributed by atoms with E-state index in [1.165, 1.54) is 24.3 Å². The maximum Gasteiger partial charge on any atom is 0.243 e. The molecule has 2 aromatic rings. The van der Waals surface area contributed by atoms with Crippen molar-refractivity contribution in [2.75, 3.05) is 20.2 Å². The number of amides is 1. The van der Waals surface area contributed by atoms with E-state index in [9.17, 15) is 13.2 Å². The van der Waals surface area contributed by atoms with Gasteiger partial charge >= 0.3 is 0 Å². The Kier molecular flexibility index (Phi) is 7.24. The van der Waals surface area contributed by atoms with E-state index in [0.717, 1.165) is 15.6 Å². The highest BCUT2D eigenvalue weighted by molar-refractivity contribution is 7.89. The van der Waals surface area contributed by atoms with Crippen molar-refractivity contribution in [1.29, 1.82) is 0 Å². The normalized spacial score (nSPS) is 12.6. The fourth-order valence-corrected chi connectivity index (χ4v) is 4.08. The molecule has 0 aromatic heterocycles. The summed E-state index contributed by atoms with van der Waals surface area (Å²) in [7, 11) is -2.19. The van der Waals surface area contributed by atoms with Gasteiger partial charge in [0.05, 0.1) is 24.6 Å². The van der Waals surface area contributed by atoms with Crippen molar-refractivity contribution in [3.05, 3.63) is 59.1 Å². The summed E-state index contributed by atoms with van der Waals surface area (Å²) < 4.78 is 31.7. The summed E-state index contributed by atoms with van der Waals surface area (Å²) in [5.74, 6) is 0.348. The van der Waals surface area contributed by atoms with Crippen LogP contribution in [0.3, 0.4) is 0 Å². The summed E-state index contributed by atoms with van der Waals surface area (Å²) in [6.45, 7) is 3.44. The molecule has 0 bridgehead atoms. The van der Waals surface area contributed by atoms with Crippen LogP contribution in [0.1, 0.15) is 25.5 Å². The van der Waals surface area contributed by atoms with Crippen molar-refractivity contribution in [1.82, 2.24) is 9.62 Å². The zero-order valence-electron chi connectivity index (χ0n) is 15.5. The first-order valence-corrected chi connectivity index (χ1v) is 10.3. The predicted octanol–water partition coefficient (Wildman–Crippen LogP) is 3.24. The number of sulfonamides is 1. The molecule has 0 saturated heterocycles. The van der Waals surface area contributed by atoms with E-state index in [1.54, 1.807) is 26.2 Å². The number of rotatable bonds is 8. The molecule has 0 aliphatic rings. The Labute approximate surface area is 165 Å². The Morgan fingerprint density at radius 3 is 2.26 bits per heavy atom. The van der Waals surface area contributed by atoms with Crippen molar-refractivity contribution in [3.63, 3.8) is 0 Å². The molecule has 6 nitrogen and oxygen atoms in total. The summed E-state index contributed by atoms with van der Waals surface area (Å²) in [5, 5.41) is 3.27. The molecule has 146 valence electrons. The van der Waals surface area contributed by atoms with Gasteiger partial charge in [-0.1, -0.05) is 30.7 Å². The third-order valence-corrected chi connectivity index (χ3v) is 6.30. The molecule has 1 amide bonds. The molecule has 0 aliphatic carbocycles. The van der Waals surface area contributed by atoms with E-state index in [0.29, 0.717) is 5.02 Å². The standard InChI is InChI=1S/C19H23ClN2O4S/c1-4-22(27(24,25)18-11-7-16(20)8-12-18)13-19(23)21-14(2)15-5-9-17(26-3)10-6-15/h5-12,14H,4,13H2,1-3H3,(H,21,23)/t14-/m1/s1. The first kappa shape index (κ1) is 21.2. The Hall–Kier alpha value is -2.09. The highest BCUT2D eigenvalue weighted by atomic mass is 35.5. The summed E-state index contributed by atoms with van der Waals surface area (Å²) in [4.78, 5) is 12.5. The van der Waals surface area contributed by atoms with Gasteiger partial charge in [0.25, 0.3) is 0 Å². The minimum absolute atomic E-state index is 0.102. The molecule has 0 fully saturated rings.